The van der Waals surface area contributed by atoms with Crippen LogP contribution in [0.2, 0.25) is 0 Å². The molecule has 0 heterocycles. The molecule has 0 aliphatic carbocycles. The lowest BCUT2D eigenvalue weighted by Gasteiger charge is -2.16. The van der Waals surface area contributed by atoms with E-state index in [1.807, 2.05) is 67.8 Å². The first-order valence-corrected chi connectivity index (χ1v) is 10.9. The number of hydrogen-bond acceptors (Lipinski definition) is 3. The Bertz CT molecular complexity index is 1030. The highest BCUT2D eigenvalue weighted by Gasteiger charge is 2.15. The molecule has 1 atom stereocenters. The molecule has 4 nitrogen and oxygen atoms in total. The van der Waals surface area contributed by atoms with Crippen molar-refractivity contribution in [3.05, 3.63) is 102 Å². The minimum atomic E-state index is -0.291. The van der Waals surface area contributed by atoms with Gasteiger partial charge in [-0.25, -0.2) is 0 Å². The molecule has 0 saturated heterocycles. The molecule has 2 N–H and O–H groups in total. The average molecular weight is 417 g/mol. The van der Waals surface area contributed by atoms with Gasteiger partial charge in [0, 0.05) is 11.0 Å². The molecule has 0 spiro atoms. The van der Waals surface area contributed by atoms with Crippen LogP contribution in [0.1, 0.15) is 34.5 Å². The predicted molar refractivity (Wildman–Crippen MR) is 125 cm³/mol. The van der Waals surface area contributed by atoms with Gasteiger partial charge in [-0.15, -0.1) is 11.8 Å². The van der Waals surface area contributed by atoms with Crippen LogP contribution >= 0.6 is 11.8 Å². The predicted octanol–water partition coefficient (Wildman–Crippen LogP) is 5.55. The number of hydrogen-bond donors (Lipinski definition) is 2. The van der Waals surface area contributed by atoms with Gasteiger partial charge in [0.05, 0.1) is 17.3 Å². The van der Waals surface area contributed by atoms with E-state index in [9.17, 15) is 9.59 Å². The number of anilines is 1. The molecule has 3 rings (SSSR count). The topological polar surface area (TPSA) is 58.2 Å². The van der Waals surface area contributed by atoms with E-state index in [0.717, 1.165) is 11.1 Å². The normalized spacial score (nSPS) is 11.8. The number of benzene rings is 3. The second kappa shape index (κ2) is 10.5. The molecule has 5 heteroatoms. The Morgan fingerprint density at radius 1 is 0.900 bits per heavy atom. The Kier molecular flexibility index (Phi) is 7.46. The molecule has 152 valence electrons. The largest absolute Gasteiger partial charge is 0.345 e. The molecule has 0 aliphatic rings. The quantitative estimate of drug-likeness (QED) is 0.392. The number of amides is 2. The molecule has 3 aromatic rings. The van der Waals surface area contributed by atoms with Gasteiger partial charge in [0.25, 0.3) is 5.91 Å². The van der Waals surface area contributed by atoms with Crippen molar-refractivity contribution in [1.82, 2.24) is 5.32 Å². The molecular formula is C25H24N2O2S. The lowest BCUT2D eigenvalue weighted by atomic mass is 10.1. The number of carbonyl (C=O) groups excluding carboxylic acids is 2. The number of rotatable bonds is 7. The third-order valence-electron chi connectivity index (χ3n) is 4.62. The third-order valence-corrected chi connectivity index (χ3v) is 5.36. The van der Waals surface area contributed by atoms with E-state index in [-0.39, 0.29) is 17.9 Å². The van der Waals surface area contributed by atoms with Gasteiger partial charge < -0.3 is 10.6 Å². The zero-order chi connectivity index (χ0) is 21.3. The maximum atomic E-state index is 12.8. The number of para-hydroxylation sites is 1. The summed E-state index contributed by atoms with van der Waals surface area (Å²) >= 11 is 1.67. The van der Waals surface area contributed by atoms with Gasteiger partial charge in [0.1, 0.15) is 0 Å². The summed E-state index contributed by atoms with van der Waals surface area (Å²) in [6.45, 7) is 1.93. The van der Waals surface area contributed by atoms with Gasteiger partial charge in [0.15, 0.2) is 0 Å². The fraction of sp³-hybridized carbons (Fsp3) is 0.120. The first kappa shape index (κ1) is 21.4. The van der Waals surface area contributed by atoms with Gasteiger partial charge in [-0.05, 0) is 54.6 Å². The van der Waals surface area contributed by atoms with Crippen molar-refractivity contribution in [1.29, 1.82) is 0 Å². The molecular weight excluding hydrogens is 392 g/mol. The molecule has 30 heavy (non-hydrogen) atoms. The van der Waals surface area contributed by atoms with Crippen LogP contribution in [-0.2, 0) is 4.79 Å². The third kappa shape index (κ3) is 5.84. The van der Waals surface area contributed by atoms with E-state index in [4.69, 9.17) is 0 Å². The van der Waals surface area contributed by atoms with Crippen LogP contribution in [0.3, 0.4) is 0 Å². The van der Waals surface area contributed by atoms with Crippen molar-refractivity contribution in [3.63, 3.8) is 0 Å². The highest BCUT2D eigenvalue weighted by atomic mass is 32.2. The summed E-state index contributed by atoms with van der Waals surface area (Å²) in [5.74, 6) is -0.529. The number of carbonyl (C=O) groups is 2. The summed E-state index contributed by atoms with van der Waals surface area (Å²) in [7, 11) is 0. The van der Waals surface area contributed by atoms with E-state index in [1.54, 1.807) is 42.1 Å². The van der Waals surface area contributed by atoms with Crippen LogP contribution in [-0.4, -0.2) is 18.1 Å². The molecule has 0 aliphatic heterocycles. The van der Waals surface area contributed by atoms with E-state index in [2.05, 4.69) is 10.6 Å². The van der Waals surface area contributed by atoms with Crippen LogP contribution in [0, 0.1) is 0 Å². The van der Waals surface area contributed by atoms with E-state index in [0.29, 0.717) is 11.3 Å². The van der Waals surface area contributed by atoms with Gasteiger partial charge in [-0.3, -0.25) is 9.59 Å². The maximum Gasteiger partial charge on any atom is 0.253 e. The van der Waals surface area contributed by atoms with Gasteiger partial charge in [0.2, 0.25) is 5.91 Å². The Hall–Kier alpha value is -3.31. The SMILES string of the molecule is CSc1ccc(C=CC(=O)Nc2ccccc2C(=O)N[C@@H](C)c2ccccc2)cc1. The molecule has 3 aromatic carbocycles. The molecule has 0 fully saturated rings. The number of thioether (sulfide) groups is 1. The second-order valence-electron chi connectivity index (χ2n) is 6.75. The highest BCUT2D eigenvalue weighted by Crippen LogP contribution is 2.19. The van der Waals surface area contributed by atoms with Crippen molar-refractivity contribution >= 4 is 35.3 Å². The first-order valence-electron chi connectivity index (χ1n) is 9.65. The minimum absolute atomic E-state index is 0.147. The van der Waals surface area contributed by atoms with Crippen molar-refractivity contribution in [3.8, 4) is 0 Å². The first-order chi connectivity index (χ1) is 14.6. The summed E-state index contributed by atoms with van der Waals surface area (Å²) in [5, 5.41) is 5.79. The van der Waals surface area contributed by atoms with E-state index in [1.165, 1.54) is 11.0 Å². The molecule has 2 amide bonds. The Balaban J connectivity index is 1.67. The van der Waals surface area contributed by atoms with Gasteiger partial charge in [-0.1, -0.05) is 54.6 Å². The second-order valence-corrected chi connectivity index (χ2v) is 7.63. The van der Waals surface area contributed by atoms with Crippen LogP contribution < -0.4 is 10.6 Å². The fourth-order valence-electron chi connectivity index (χ4n) is 2.95. The summed E-state index contributed by atoms with van der Waals surface area (Å²) in [4.78, 5) is 26.3. The van der Waals surface area contributed by atoms with Crippen molar-refractivity contribution in [2.75, 3.05) is 11.6 Å². The summed E-state index contributed by atoms with van der Waals surface area (Å²) < 4.78 is 0. The molecule has 0 saturated carbocycles. The molecule has 0 aromatic heterocycles. The summed E-state index contributed by atoms with van der Waals surface area (Å²) in [6, 6.07) is 24.5. The monoisotopic (exact) mass is 416 g/mol. The van der Waals surface area contributed by atoms with Crippen molar-refractivity contribution in [2.24, 2.45) is 0 Å². The van der Waals surface area contributed by atoms with Gasteiger partial charge >= 0.3 is 0 Å². The Labute approximate surface area is 181 Å². The fourth-order valence-corrected chi connectivity index (χ4v) is 3.36. The summed E-state index contributed by atoms with van der Waals surface area (Å²) in [6.07, 6.45) is 5.24. The van der Waals surface area contributed by atoms with E-state index >= 15 is 0 Å². The highest BCUT2D eigenvalue weighted by molar-refractivity contribution is 7.98. The average Bonchev–Trinajstić information content (AvgIpc) is 2.79. The van der Waals surface area contributed by atoms with Crippen LogP contribution in [0.4, 0.5) is 5.69 Å². The van der Waals surface area contributed by atoms with Crippen LogP contribution in [0.5, 0.6) is 0 Å². The lowest BCUT2D eigenvalue weighted by Crippen LogP contribution is -2.27. The maximum absolute atomic E-state index is 12.8. The Morgan fingerprint density at radius 2 is 1.57 bits per heavy atom. The molecule has 0 bridgehead atoms. The Morgan fingerprint density at radius 3 is 2.27 bits per heavy atom. The zero-order valence-corrected chi connectivity index (χ0v) is 17.8. The molecule has 0 radical (unpaired) electrons. The zero-order valence-electron chi connectivity index (χ0n) is 17.0. The van der Waals surface area contributed by atoms with Crippen molar-refractivity contribution in [2.45, 2.75) is 17.9 Å². The smallest absolute Gasteiger partial charge is 0.253 e. The summed E-state index contributed by atoms with van der Waals surface area (Å²) in [5.41, 5.74) is 2.85. The van der Waals surface area contributed by atoms with Crippen LogP contribution in [0.25, 0.3) is 6.08 Å². The van der Waals surface area contributed by atoms with Crippen molar-refractivity contribution < 1.29 is 9.59 Å². The standard InChI is InChI=1S/C25H24N2O2S/c1-18(20-8-4-3-5-9-20)26-25(29)22-10-6-7-11-23(22)27-24(28)17-14-19-12-15-21(30-2)16-13-19/h3-18H,1-2H3,(H,26,29)(H,27,28)/t18-/m0/s1. The number of nitrogens with one attached hydrogen (secondary N) is 2. The van der Waals surface area contributed by atoms with E-state index < -0.39 is 0 Å². The van der Waals surface area contributed by atoms with Gasteiger partial charge in [-0.2, -0.15) is 0 Å². The van der Waals surface area contributed by atoms with Crippen LogP contribution in [0.15, 0.2) is 89.8 Å². The molecule has 0 unspecified atom stereocenters. The lowest BCUT2D eigenvalue weighted by molar-refractivity contribution is -0.111. The minimum Gasteiger partial charge on any atom is -0.345 e.